The van der Waals surface area contributed by atoms with Gasteiger partial charge in [-0.2, -0.15) is 0 Å². The molecule has 1 heterocycles. The highest BCUT2D eigenvalue weighted by atomic mass is 19.1. The highest BCUT2D eigenvalue weighted by molar-refractivity contribution is 6.11. The second-order valence-electron chi connectivity index (χ2n) is 5.54. The second kappa shape index (κ2) is 4.95. The fourth-order valence-electron chi connectivity index (χ4n) is 3.03. The molecule has 0 aromatic heterocycles. The summed E-state index contributed by atoms with van der Waals surface area (Å²) in [5.41, 5.74) is -0.665. The van der Waals surface area contributed by atoms with Crippen LogP contribution in [0.4, 0.5) is 9.18 Å². The Hall–Kier alpha value is -2.24. The van der Waals surface area contributed by atoms with E-state index in [0.717, 1.165) is 23.8 Å². The largest absolute Gasteiger partial charge is 0.325 e. The molecule has 1 aliphatic carbocycles. The molecule has 0 unspecified atom stereocenters. The molecule has 3 rings (SSSR count). The Labute approximate surface area is 121 Å². The Morgan fingerprint density at radius 1 is 1.29 bits per heavy atom. The molecule has 5 nitrogen and oxygen atoms in total. The van der Waals surface area contributed by atoms with Gasteiger partial charge in [0.15, 0.2) is 5.78 Å². The molecule has 1 spiro atoms. The van der Waals surface area contributed by atoms with E-state index >= 15 is 0 Å². The first kappa shape index (κ1) is 13.7. The van der Waals surface area contributed by atoms with E-state index in [4.69, 9.17) is 0 Å². The van der Waals surface area contributed by atoms with Gasteiger partial charge in [-0.05, 0) is 25.0 Å². The van der Waals surface area contributed by atoms with Gasteiger partial charge in [-0.3, -0.25) is 14.5 Å². The SMILES string of the molecule is O=C(CN1C(=O)NC2(CCCC2)C1=O)c1cccc(F)c1. The van der Waals surface area contributed by atoms with E-state index in [0.29, 0.717) is 12.8 Å². The monoisotopic (exact) mass is 290 g/mol. The summed E-state index contributed by atoms with van der Waals surface area (Å²) in [6.07, 6.45) is 3.00. The lowest BCUT2D eigenvalue weighted by Crippen LogP contribution is -2.44. The Morgan fingerprint density at radius 3 is 2.67 bits per heavy atom. The highest BCUT2D eigenvalue weighted by Gasteiger charge is 2.52. The van der Waals surface area contributed by atoms with E-state index in [-0.39, 0.29) is 18.0 Å². The third-order valence-corrected chi connectivity index (χ3v) is 4.15. The average molecular weight is 290 g/mol. The minimum atomic E-state index is -0.820. The summed E-state index contributed by atoms with van der Waals surface area (Å²) in [5.74, 6) is -1.31. The van der Waals surface area contributed by atoms with Crippen LogP contribution in [0.1, 0.15) is 36.0 Å². The summed E-state index contributed by atoms with van der Waals surface area (Å²) < 4.78 is 13.1. The molecular weight excluding hydrogens is 275 g/mol. The number of benzene rings is 1. The summed E-state index contributed by atoms with van der Waals surface area (Å²) >= 11 is 0. The van der Waals surface area contributed by atoms with Gasteiger partial charge in [0, 0.05) is 5.56 Å². The van der Waals surface area contributed by atoms with Gasteiger partial charge in [0.2, 0.25) is 0 Å². The number of carbonyl (C=O) groups excluding carboxylic acids is 3. The van der Waals surface area contributed by atoms with Crippen molar-refractivity contribution < 1.29 is 18.8 Å². The number of nitrogens with one attached hydrogen (secondary N) is 1. The average Bonchev–Trinajstić information content (AvgIpc) is 3.00. The summed E-state index contributed by atoms with van der Waals surface area (Å²) in [4.78, 5) is 37.4. The Bertz CT molecular complexity index is 623. The van der Waals surface area contributed by atoms with Crippen LogP contribution in [0.25, 0.3) is 0 Å². The maximum Gasteiger partial charge on any atom is 0.325 e. The summed E-state index contributed by atoms with van der Waals surface area (Å²) in [6, 6.07) is 4.69. The molecule has 1 aromatic rings. The molecule has 1 aromatic carbocycles. The van der Waals surface area contributed by atoms with Gasteiger partial charge in [-0.15, -0.1) is 0 Å². The van der Waals surface area contributed by atoms with Crippen LogP contribution in [0, 0.1) is 5.82 Å². The lowest BCUT2D eigenvalue weighted by Gasteiger charge is -2.19. The van der Waals surface area contributed by atoms with Crippen LogP contribution in [0.5, 0.6) is 0 Å². The van der Waals surface area contributed by atoms with E-state index in [1.165, 1.54) is 18.2 Å². The van der Waals surface area contributed by atoms with Gasteiger partial charge in [0.1, 0.15) is 11.4 Å². The number of amides is 3. The fourth-order valence-corrected chi connectivity index (χ4v) is 3.03. The summed E-state index contributed by atoms with van der Waals surface area (Å²) in [6.45, 7) is -0.351. The molecule has 2 fully saturated rings. The van der Waals surface area contributed by atoms with Crippen LogP contribution in [0.15, 0.2) is 24.3 Å². The van der Waals surface area contributed by atoms with Crippen molar-refractivity contribution >= 4 is 17.7 Å². The first-order valence-corrected chi connectivity index (χ1v) is 6.95. The maximum absolute atomic E-state index is 13.1. The highest BCUT2D eigenvalue weighted by Crippen LogP contribution is 2.35. The molecule has 110 valence electrons. The van der Waals surface area contributed by atoms with Gasteiger partial charge in [-0.25, -0.2) is 9.18 Å². The van der Waals surface area contributed by atoms with Gasteiger partial charge in [0.25, 0.3) is 5.91 Å². The molecule has 2 aliphatic rings. The van der Waals surface area contributed by atoms with E-state index in [1.807, 2.05) is 0 Å². The molecule has 0 atom stereocenters. The van der Waals surface area contributed by atoms with E-state index in [2.05, 4.69) is 5.32 Å². The quantitative estimate of drug-likeness (QED) is 0.682. The minimum Gasteiger partial charge on any atom is -0.323 e. The Kier molecular flexibility index (Phi) is 3.23. The molecule has 1 saturated heterocycles. The van der Waals surface area contributed by atoms with Crippen molar-refractivity contribution in [2.45, 2.75) is 31.2 Å². The van der Waals surface area contributed by atoms with Crippen molar-refractivity contribution in [1.29, 1.82) is 0 Å². The number of imide groups is 1. The smallest absolute Gasteiger partial charge is 0.323 e. The summed E-state index contributed by atoms with van der Waals surface area (Å²) in [7, 11) is 0. The molecule has 1 aliphatic heterocycles. The normalized spacial score (nSPS) is 20.1. The molecule has 21 heavy (non-hydrogen) atoms. The Balaban J connectivity index is 1.77. The molecule has 0 bridgehead atoms. The zero-order valence-electron chi connectivity index (χ0n) is 11.4. The van der Waals surface area contributed by atoms with Gasteiger partial charge < -0.3 is 5.32 Å². The molecule has 3 amide bonds. The van der Waals surface area contributed by atoms with Crippen LogP contribution in [0.3, 0.4) is 0 Å². The number of halogens is 1. The zero-order chi connectivity index (χ0) is 15.0. The van der Waals surface area contributed by atoms with Crippen molar-refractivity contribution in [2.75, 3.05) is 6.54 Å². The number of urea groups is 1. The lowest BCUT2D eigenvalue weighted by atomic mass is 9.98. The van der Waals surface area contributed by atoms with Crippen LogP contribution in [0.2, 0.25) is 0 Å². The standard InChI is InChI=1S/C15H15FN2O3/c16-11-5-3-4-10(8-11)12(19)9-18-13(20)15(17-14(18)21)6-1-2-7-15/h3-5,8H,1-2,6-7,9H2,(H,17,21). The number of ketones is 1. The number of hydrogen-bond acceptors (Lipinski definition) is 3. The third-order valence-electron chi connectivity index (χ3n) is 4.15. The molecular formula is C15H15FN2O3. The van der Waals surface area contributed by atoms with E-state index < -0.39 is 23.2 Å². The number of rotatable bonds is 3. The molecule has 1 N–H and O–H groups in total. The van der Waals surface area contributed by atoms with E-state index in [9.17, 15) is 18.8 Å². The van der Waals surface area contributed by atoms with E-state index in [1.54, 1.807) is 0 Å². The van der Waals surface area contributed by atoms with Crippen molar-refractivity contribution in [1.82, 2.24) is 10.2 Å². The molecule has 6 heteroatoms. The van der Waals surface area contributed by atoms with Gasteiger partial charge in [-0.1, -0.05) is 25.0 Å². The van der Waals surface area contributed by atoms with Gasteiger partial charge >= 0.3 is 6.03 Å². The second-order valence-corrected chi connectivity index (χ2v) is 5.54. The lowest BCUT2D eigenvalue weighted by molar-refractivity contribution is -0.130. The first-order chi connectivity index (χ1) is 10.0. The molecule has 0 radical (unpaired) electrons. The summed E-state index contributed by atoms with van der Waals surface area (Å²) in [5, 5.41) is 2.71. The zero-order valence-corrected chi connectivity index (χ0v) is 11.4. The number of nitrogens with zero attached hydrogens (tertiary/aromatic N) is 1. The van der Waals surface area contributed by atoms with Gasteiger partial charge in [0.05, 0.1) is 6.54 Å². The van der Waals surface area contributed by atoms with Crippen molar-refractivity contribution in [3.05, 3.63) is 35.6 Å². The van der Waals surface area contributed by atoms with Crippen LogP contribution >= 0.6 is 0 Å². The topological polar surface area (TPSA) is 66.5 Å². The third kappa shape index (κ3) is 2.30. The minimum absolute atomic E-state index is 0.156. The van der Waals surface area contributed by atoms with Crippen molar-refractivity contribution in [3.63, 3.8) is 0 Å². The van der Waals surface area contributed by atoms with Crippen LogP contribution < -0.4 is 5.32 Å². The fraction of sp³-hybridized carbons (Fsp3) is 0.400. The van der Waals surface area contributed by atoms with Crippen molar-refractivity contribution in [3.8, 4) is 0 Å². The number of hydrogen-bond donors (Lipinski definition) is 1. The predicted molar refractivity (Wildman–Crippen MR) is 72.2 cm³/mol. The maximum atomic E-state index is 13.1. The Morgan fingerprint density at radius 2 is 2.00 bits per heavy atom. The number of Topliss-reactive ketones (excluding diaryl/α,β-unsaturated/α-hetero) is 1. The van der Waals surface area contributed by atoms with Crippen LogP contribution in [-0.2, 0) is 4.79 Å². The van der Waals surface area contributed by atoms with Crippen LogP contribution in [-0.4, -0.2) is 34.7 Å². The predicted octanol–water partition coefficient (Wildman–Crippen LogP) is 1.87. The molecule has 1 saturated carbocycles. The van der Waals surface area contributed by atoms with Crippen molar-refractivity contribution in [2.24, 2.45) is 0 Å². The first-order valence-electron chi connectivity index (χ1n) is 6.95. The number of carbonyl (C=O) groups is 3.